The molecule has 0 amide bonds. The molecule has 3 nitrogen and oxygen atoms in total. The summed E-state index contributed by atoms with van der Waals surface area (Å²) in [5.41, 5.74) is 7.34. The number of rotatable bonds is 4. The fraction of sp³-hybridized carbons (Fsp3) is 0.438. The highest BCUT2D eigenvalue weighted by atomic mass is 15.3. The van der Waals surface area contributed by atoms with Crippen LogP contribution in [0.2, 0.25) is 0 Å². The number of nitrogens with zero attached hydrogens (tertiary/aromatic N) is 2. The number of hydrogen-bond acceptors (Lipinski definition) is 2. The summed E-state index contributed by atoms with van der Waals surface area (Å²) in [6.07, 6.45) is 0. The van der Waals surface area contributed by atoms with E-state index in [1.54, 1.807) is 0 Å². The van der Waals surface area contributed by atoms with Gasteiger partial charge in [0.1, 0.15) is 0 Å². The van der Waals surface area contributed by atoms with Crippen molar-refractivity contribution in [2.24, 2.45) is 0 Å². The summed E-state index contributed by atoms with van der Waals surface area (Å²) in [5.74, 6) is 0. The lowest BCUT2D eigenvalue weighted by Gasteiger charge is -2.08. The Morgan fingerprint density at radius 3 is 2.26 bits per heavy atom. The molecular formula is C16H23N3. The summed E-state index contributed by atoms with van der Waals surface area (Å²) in [4.78, 5) is 0. The van der Waals surface area contributed by atoms with E-state index in [-0.39, 0.29) is 0 Å². The van der Waals surface area contributed by atoms with Crippen molar-refractivity contribution < 1.29 is 0 Å². The van der Waals surface area contributed by atoms with Gasteiger partial charge < -0.3 is 5.32 Å². The molecule has 1 heterocycles. The average molecular weight is 257 g/mol. The zero-order valence-corrected chi connectivity index (χ0v) is 12.5. The van der Waals surface area contributed by atoms with E-state index in [9.17, 15) is 0 Å². The van der Waals surface area contributed by atoms with Crippen LogP contribution in [0.3, 0.4) is 0 Å². The van der Waals surface area contributed by atoms with E-state index in [0.29, 0.717) is 0 Å². The highest BCUT2D eigenvalue weighted by molar-refractivity contribution is 5.42. The molecule has 0 saturated carbocycles. The number of benzene rings is 1. The van der Waals surface area contributed by atoms with Crippen molar-refractivity contribution in [3.05, 3.63) is 46.3 Å². The molecule has 1 aromatic heterocycles. The summed E-state index contributed by atoms with van der Waals surface area (Å²) >= 11 is 0. The Hall–Kier alpha value is -1.61. The zero-order valence-electron chi connectivity index (χ0n) is 12.5. The predicted octanol–water partition coefficient (Wildman–Crippen LogP) is 3.22. The highest BCUT2D eigenvalue weighted by Gasteiger charge is 2.12. The summed E-state index contributed by atoms with van der Waals surface area (Å²) in [6, 6.07) is 6.56. The Morgan fingerprint density at radius 2 is 1.68 bits per heavy atom. The first-order chi connectivity index (χ1) is 9.02. The van der Waals surface area contributed by atoms with E-state index >= 15 is 0 Å². The SMILES string of the molecule is CCNCc1c(C)nn(-c2cc(C)cc(C)c2)c1C. The molecule has 0 radical (unpaired) electrons. The van der Waals surface area contributed by atoms with Crippen molar-refractivity contribution >= 4 is 0 Å². The lowest BCUT2D eigenvalue weighted by molar-refractivity contribution is 0.719. The van der Waals surface area contributed by atoms with Gasteiger partial charge in [-0.2, -0.15) is 5.10 Å². The van der Waals surface area contributed by atoms with Gasteiger partial charge >= 0.3 is 0 Å². The van der Waals surface area contributed by atoms with Crippen LogP contribution in [0.5, 0.6) is 0 Å². The maximum absolute atomic E-state index is 4.69. The Balaban J connectivity index is 2.45. The van der Waals surface area contributed by atoms with Crippen LogP contribution < -0.4 is 5.32 Å². The van der Waals surface area contributed by atoms with Gasteiger partial charge in [0.2, 0.25) is 0 Å². The summed E-state index contributed by atoms with van der Waals surface area (Å²) in [7, 11) is 0. The number of hydrogen-bond donors (Lipinski definition) is 1. The standard InChI is InChI=1S/C16H23N3/c1-6-17-10-16-13(4)18-19(14(16)5)15-8-11(2)7-12(3)9-15/h7-9,17H,6,10H2,1-5H3. The van der Waals surface area contributed by atoms with Gasteiger partial charge in [-0.1, -0.05) is 13.0 Å². The fourth-order valence-corrected chi connectivity index (χ4v) is 2.51. The minimum absolute atomic E-state index is 0.888. The third-order valence-corrected chi connectivity index (χ3v) is 3.44. The zero-order chi connectivity index (χ0) is 14.0. The molecule has 19 heavy (non-hydrogen) atoms. The normalized spacial score (nSPS) is 11.0. The first kappa shape index (κ1) is 13.8. The molecule has 0 fully saturated rings. The van der Waals surface area contributed by atoms with Crippen molar-refractivity contribution in [3.8, 4) is 5.69 Å². The molecular weight excluding hydrogens is 234 g/mol. The van der Waals surface area contributed by atoms with E-state index in [1.807, 2.05) is 0 Å². The molecule has 0 atom stereocenters. The average Bonchev–Trinajstić information content (AvgIpc) is 2.61. The first-order valence-corrected chi connectivity index (χ1v) is 6.87. The van der Waals surface area contributed by atoms with E-state index in [1.165, 1.54) is 22.4 Å². The fourth-order valence-electron chi connectivity index (χ4n) is 2.51. The van der Waals surface area contributed by atoms with Crippen molar-refractivity contribution in [3.63, 3.8) is 0 Å². The molecule has 2 rings (SSSR count). The van der Waals surface area contributed by atoms with Crippen LogP contribution in [-0.2, 0) is 6.54 Å². The maximum Gasteiger partial charge on any atom is 0.0654 e. The molecule has 0 spiro atoms. The van der Waals surface area contributed by atoms with E-state index in [0.717, 1.165) is 24.5 Å². The van der Waals surface area contributed by atoms with Crippen LogP contribution in [0.25, 0.3) is 5.69 Å². The van der Waals surface area contributed by atoms with Gasteiger partial charge in [0.05, 0.1) is 11.4 Å². The molecule has 102 valence electrons. The Bertz CT molecular complexity index is 562. The molecule has 2 aromatic rings. The van der Waals surface area contributed by atoms with Crippen LogP contribution >= 0.6 is 0 Å². The molecule has 0 aliphatic carbocycles. The maximum atomic E-state index is 4.69. The molecule has 0 saturated heterocycles. The van der Waals surface area contributed by atoms with Gasteiger partial charge in [-0.15, -0.1) is 0 Å². The van der Waals surface area contributed by atoms with Crippen LogP contribution in [0.15, 0.2) is 18.2 Å². The molecule has 1 N–H and O–H groups in total. The number of aromatic nitrogens is 2. The quantitative estimate of drug-likeness (QED) is 0.911. The number of nitrogens with one attached hydrogen (secondary N) is 1. The number of aryl methyl sites for hydroxylation is 3. The van der Waals surface area contributed by atoms with E-state index < -0.39 is 0 Å². The second-order valence-corrected chi connectivity index (χ2v) is 5.19. The monoisotopic (exact) mass is 257 g/mol. The van der Waals surface area contributed by atoms with Gasteiger partial charge in [0, 0.05) is 17.8 Å². The molecule has 0 aliphatic heterocycles. The van der Waals surface area contributed by atoms with Crippen molar-refractivity contribution in [1.29, 1.82) is 0 Å². The molecule has 1 aromatic carbocycles. The third kappa shape index (κ3) is 2.87. The predicted molar refractivity (Wildman–Crippen MR) is 79.9 cm³/mol. The van der Waals surface area contributed by atoms with Crippen LogP contribution in [0, 0.1) is 27.7 Å². The Kier molecular flexibility index (Phi) is 4.05. The summed E-state index contributed by atoms with van der Waals surface area (Å²) < 4.78 is 2.06. The third-order valence-electron chi connectivity index (χ3n) is 3.44. The van der Waals surface area contributed by atoms with Crippen molar-refractivity contribution in [2.75, 3.05) is 6.54 Å². The first-order valence-electron chi connectivity index (χ1n) is 6.87. The largest absolute Gasteiger partial charge is 0.313 e. The van der Waals surface area contributed by atoms with E-state index in [2.05, 4.69) is 62.8 Å². The minimum atomic E-state index is 0.888. The summed E-state index contributed by atoms with van der Waals surface area (Å²) in [5, 5.41) is 8.07. The molecule has 3 heteroatoms. The van der Waals surface area contributed by atoms with Crippen LogP contribution in [0.4, 0.5) is 0 Å². The Morgan fingerprint density at radius 1 is 1.05 bits per heavy atom. The van der Waals surface area contributed by atoms with Crippen LogP contribution in [-0.4, -0.2) is 16.3 Å². The molecule has 0 bridgehead atoms. The molecule has 0 aliphatic rings. The van der Waals surface area contributed by atoms with Crippen molar-refractivity contribution in [1.82, 2.24) is 15.1 Å². The molecule has 0 unspecified atom stereocenters. The smallest absolute Gasteiger partial charge is 0.0654 e. The Labute approximate surface area is 115 Å². The van der Waals surface area contributed by atoms with Gasteiger partial charge in [-0.3, -0.25) is 0 Å². The van der Waals surface area contributed by atoms with Crippen LogP contribution in [0.1, 0.15) is 35.0 Å². The lowest BCUT2D eigenvalue weighted by atomic mass is 10.1. The van der Waals surface area contributed by atoms with Crippen molar-refractivity contribution in [2.45, 2.75) is 41.2 Å². The lowest BCUT2D eigenvalue weighted by Crippen LogP contribution is -2.13. The van der Waals surface area contributed by atoms with Gasteiger partial charge in [-0.25, -0.2) is 4.68 Å². The topological polar surface area (TPSA) is 29.9 Å². The minimum Gasteiger partial charge on any atom is -0.313 e. The van der Waals surface area contributed by atoms with E-state index in [4.69, 9.17) is 5.10 Å². The van der Waals surface area contributed by atoms with Gasteiger partial charge in [-0.05, 0) is 57.5 Å². The highest BCUT2D eigenvalue weighted by Crippen LogP contribution is 2.19. The van der Waals surface area contributed by atoms with Gasteiger partial charge in [0.25, 0.3) is 0 Å². The second kappa shape index (κ2) is 5.57. The second-order valence-electron chi connectivity index (χ2n) is 5.19. The summed E-state index contributed by atoms with van der Waals surface area (Å²) in [6.45, 7) is 12.5. The van der Waals surface area contributed by atoms with Gasteiger partial charge in [0.15, 0.2) is 0 Å².